The van der Waals surface area contributed by atoms with E-state index in [2.05, 4.69) is 62.4 Å². The third kappa shape index (κ3) is 7.48. The first-order valence-electron chi connectivity index (χ1n) is 18.9. The molecule has 55 heavy (non-hydrogen) atoms. The van der Waals surface area contributed by atoms with Crippen LogP contribution in [0.3, 0.4) is 0 Å². The zero-order chi connectivity index (χ0) is 37.8. The Morgan fingerprint density at radius 1 is 0.673 bits per heavy atom. The monoisotopic (exact) mass is 739 g/mol. The molecule has 0 bridgehead atoms. The molecular formula is C46H45NO8. The third-order valence-corrected chi connectivity index (χ3v) is 10.8. The van der Waals surface area contributed by atoms with Gasteiger partial charge in [-0.2, -0.15) is 0 Å². The predicted octanol–water partition coefficient (Wildman–Crippen LogP) is 7.63. The zero-order valence-electron chi connectivity index (χ0n) is 31.3. The summed E-state index contributed by atoms with van der Waals surface area (Å²) in [7, 11) is 0. The molecule has 0 saturated carbocycles. The molecule has 0 fully saturated rings. The van der Waals surface area contributed by atoms with Gasteiger partial charge in [-0.3, -0.25) is 14.5 Å². The van der Waals surface area contributed by atoms with Gasteiger partial charge in [-0.1, -0.05) is 84.9 Å². The summed E-state index contributed by atoms with van der Waals surface area (Å²) in [5.74, 6) is 1.66. The second-order valence-electron chi connectivity index (χ2n) is 14.3. The van der Waals surface area contributed by atoms with E-state index < -0.39 is 5.60 Å². The molecule has 0 spiro atoms. The molecule has 2 atom stereocenters. The van der Waals surface area contributed by atoms with E-state index in [1.807, 2.05) is 36.4 Å². The Balaban J connectivity index is 0.943. The lowest BCUT2D eigenvalue weighted by atomic mass is 9.79. The summed E-state index contributed by atoms with van der Waals surface area (Å²) in [4.78, 5) is 26.5. The highest BCUT2D eigenvalue weighted by molar-refractivity contribution is 6.21. The number of aryl methyl sites for hydroxylation is 1. The fourth-order valence-corrected chi connectivity index (χ4v) is 7.85. The molecule has 9 heteroatoms. The van der Waals surface area contributed by atoms with Crippen LogP contribution in [0, 0.1) is 13.8 Å². The van der Waals surface area contributed by atoms with Gasteiger partial charge < -0.3 is 28.4 Å². The lowest BCUT2D eigenvalue weighted by molar-refractivity contribution is -0.102. The van der Waals surface area contributed by atoms with Gasteiger partial charge in [-0.15, -0.1) is 0 Å². The normalized spacial score (nSPS) is 18.0. The van der Waals surface area contributed by atoms with Crippen LogP contribution in [0.15, 0.2) is 109 Å². The molecule has 2 aliphatic heterocycles. The van der Waals surface area contributed by atoms with Crippen molar-refractivity contribution in [1.29, 1.82) is 0 Å². The van der Waals surface area contributed by atoms with Gasteiger partial charge in [0.1, 0.15) is 31.2 Å². The van der Waals surface area contributed by atoms with Crippen LogP contribution < -0.4 is 14.2 Å². The van der Waals surface area contributed by atoms with Gasteiger partial charge in [0.05, 0.1) is 50.7 Å². The number of nitrogens with zero attached hydrogens (tertiary/aromatic N) is 1. The topological polar surface area (TPSA) is 92.8 Å². The van der Waals surface area contributed by atoms with Crippen molar-refractivity contribution in [2.75, 3.05) is 46.2 Å². The lowest BCUT2D eigenvalue weighted by Crippen LogP contribution is -2.47. The molecule has 0 radical (unpaired) electrons. The Morgan fingerprint density at radius 2 is 1.25 bits per heavy atom. The Kier molecular flexibility index (Phi) is 10.7. The van der Waals surface area contributed by atoms with E-state index in [9.17, 15) is 9.59 Å². The number of amides is 2. The Bertz CT molecular complexity index is 2140. The van der Waals surface area contributed by atoms with Crippen LogP contribution >= 0.6 is 0 Å². The summed E-state index contributed by atoms with van der Waals surface area (Å²) in [5, 5.41) is 0. The smallest absolute Gasteiger partial charge is 0.261 e. The van der Waals surface area contributed by atoms with E-state index in [1.165, 1.54) is 10.5 Å². The van der Waals surface area contributed by atoms with E-state index in [4.69, 9.17) is 28.4 Å². The number of hydrogen-bond donors (Lipinski definition) is 0. The second-order valence-corrected chi connectivity index (χ2v) is 14.3. The van der Waals surface area contributed by atoms with Crippen molar-refractivity contribution in [1.82, 2.24) is 4.90 Å². The van der Waals surface area contributed by atoms with Crippen LogP contribution in [-0.4, -0.2) is 68.5 Å². The average molecular weight is 740 g/mol. The summed E-state index contributed by atoms with van der Waals surface area (Å²) in [6.07, 6.45) is 0.640. The lowest BCUT2D eigenvalue weighted by Gasteiger charge is -2.41. The molecular weight excluding hydrogens is 695 g/mol. The molecule has 0 N–H and O–H groups in total. The maximum Gasteiger partial charge on any atom is 0.261 e. The Labute approximate surface area is 321 Å². The van der Waals surface area contributed by atoms with Crippen LogP contribution in [0.1, 0.15) is 65.6 Å². The molecule has 282 valence electrons. The van der Waals surface area contributed by atoms with Crippen molar-refractivity contribution < 1.29 is 38.0 Å². The van der Waals surface area contributed by atoms with Crippen molar-refractivity contribution in [2.24, 2.45) is 0 Å². The summed E-state index contributed by atoms with van der Waals surface area (Å²) < 4.78 is 38.0. The molecule has 2 unspecified atom stereocenters. The van der Waals surface area contributed by atoms with E-state index >= 15 is 0 Å². The van der Waals surface area contributed by atoms with Gasteiger partial charge in [0, 0.05) is 17.9 Å². The summed E-state index contributed by atoms with van der Waals surface area (Å²) in [6.45, 7) is 7.28. The van der Waals surface area contributed by atoms with Crippen LogP contribution in [0.25, 0.3) is 0 Å². The van der Waals surface area contributed by atoms with E-state index in [0.717, 1.165) is 39.1 Å². The number of ether oxygens (including phenoxy) is 6. The van der Waals surface area contributed by atoms with Gasteiger partial charge >= 0.3 is 0 Å². The average Bonchev–Trinajstić information content (AvgIpc) is 3.67. The third-order valence-electron chi connectivity index (χ3n) is 10.8. The van der Waals surface area contributed by atoms with E-state index in [-0.39, 0.29) is 30.9 Å². The first-order valence-corrected chi connectivity index (χ1v) is 18.9. The van der Waals surface area contributed by atoms with Crippen molar-refractivity contribution in [2.45, 2.75) is 45.0 Å². The van der Waals surface area contributed by atoms with E-state index in [1.54, 1.807) is 24.3 Å². The first kappa shape index (κ1) is 36.5. The van der Waals surface area contributed by atoms with E-state index in [0.29, 0.717) is 75.3 Å². The van der Waals surface area contributed by atoms with Gasteiger partial charge in [0.25, 0.3) is 11.8 Å². The second kappa shape index (κ2) is 16.1. The van der Waals surface area contributed by atoms with Gasteiger partial charge in [-0.25, -0.2) is 0 Å². The summed E-state index contributed by atoms with van der Waals surface area (Å²) in [6, 6.07) is 35.8. The number of carbonyl (C=O) groups is 2. The van der Waals surface area contributed by atoms with Crippen LogP contribution in [0.2, 0.25) is 0 Å². The molecule has 2 heterocycles. The SMILES string of the molecule is Cc1ccc2c(c1C)OCC1(OCCOCCOCCN3C(=O)c4ccccc4C3=O)Cc3cc(OCc4ccccc4)c(OCc4ccccc4)cc3C21. The number of carbonyl (C=O) groups excluding carboxylic acids is 2. The maximum absolute atomic E-state index is 12.6. The van der Waals surface area contributed by atoms with Crippen molar-refractivity contribution >= 4 is 11.8 Å². The molecule has 0 aromatic heterocycles. The predicted molar refractivity (Wildman–Crippen MR) is 207 cm³/mol. The van der Waals surface area contributed by atoms with Crippen molar-refractivity contribution in [3.63, 3.8) is 0 Å². The molecule has 8 rings (SSSR count). The van der Waals surface area contributed by atoms with Crippen LogP contribution in [0.4, 0.5) is 0 Å². The van der Waals surface area contributed by atoms with Gasteiger partial charge in [0.15, 0.2) is 11.5 Å². The largest absolute Gasteiger partial charge is 0.490 e. The zero-order valence-corrected chi connectivity index (χ0v) is 31.3. The fourth-order valence-electron chi connectivity index (χ4n) is 7.85. The first-order chi connectivity index (χ1) is 26.9. The fraction of sp³-hybridized carbons (Fsp3) is 0.304. The summed E-state index contributed by atoms with van der Waals surface area (Å²) in [5.41, 5.74) is 8.08. The van der Waals surface area contributed by atoms with Crippen LogP contribution in [0.5, 0.6) is 17.2 Å². The van der Waals surface area contributed by atoms with Crippen molar-refractivity contribution in [3.8, 4) is 17.2 Å². The van der Waals surface area contributed by atoms with Gasteiger partial charge in [0.2, 0.25) is 0 Å². The maximum atomic E-state index is 12.6. The quantitative estimate of drug-likeness (QED) is 0.0754. The highest BCUT2D eigenvalue weighted by Gasteiger charge is 2.53. The Hall–Kier alpha value is -5.48. The summed E-state index contributed by atoms with van der Waals surface area (Å²) >= 11 is 0. The van der Waals surface area contributed by atoms with Crippen molar-refractivity contribution in [3.05, 3.63) is 159 Å². The molecule has 1 aliphatic carbocycles. The minimum absolute atomic E-state index is 0.0849. The van der Waals surface area contributed by atoms with Crippen LogP contribution in [-0.2, 0) is 33.8 Å². The molecule has 3 aliphatic rings. The minimum atomic E-state index is -0.655. The number of imide groups is 1. The molecule has 0 saturated heterocycles. The highest BCUT2D eigenvalue weighted by atomic mass is 16.6. The molecule has 2 amide bonds. The van der Waals surface area contributed by atoms with Gasteiger partial charge in [-0.05, 0) is 71.5 Å². The molecule has 5 aromatic rings. The number of hydrogen-bond acceptors (Lipinski definition) is 8. The number of benzene rings is 5. The molecule has 9 nitrogen and oxygen atoms in total. The number of fused-ring (bicyclic) bond motifs is 6. The number of rotatable bonds is 16. The Morgan fingerprint density at radius 3 is 1.91 bits per heavy atom. The minimum Gasteiger partial charge on any atom is -0.490 e. The standard InChI is InChI=1S/C46H45NO8/c1-31-17-18-38-42-39-26-41(53-29-34-13-7-4-8-14-34)40(52-28-33-11-5-3-6-12-33)25-35(39)27-46(42,30-54-43(38)32(31)2)55-24-23-51-22-21-50-20-19-47-44(48)36-15-9-10-16-37(36)45(47)49/h3-18,25-26,42H,19-24,27-30H2,1-2H3. The highest BCUT2D eigenvalue weighted by Crippen LogP contribution is 2.55. The molecule has 5 aromatic carbocycles.